The Morgan fingerprint density at radius 3 is 2.52 bits per heavy atom. The Labute approximate surface area is 134 Å². The van der Waals surface area contributed by atoms with Crippen LogP contribution in [0.1, 0.15) is 38.2 Å². The second-order valence-corrected chi connectivity index (χ2v) is 6.81. The van der Waals surface area contributed by atoms with Crippen LogP contribution in [0, 0.1) is 11.3 Å². The highest BCUT2D eigenvalue weighted by Crippen LogP contribution is 2.25. The van der Waals surface area contributed by atoms with Crippen molar-refractivity contribution in [3.05, 3.63) is 40.3 Å². The lowest BCUT2D eigenvalue weighted by Gasteiger charge is -2.33. The number of carbonyl (C=O) groups is 1. The van der Waals surface area contributed by atoms with Crippen LogP contribution < -0.4 is 10.9 Å². The van der Waals surface area contributed by atoms with Crippen LogP contribution in [0.3, 0.4) is 0 Å². The van der Waals surface area contributed by atoms with E-state index in [2.05, 4.69) is 15.5 Å². The molecule has 1 aromatic carbocycles. The van der Waals surface area contributed by atoms with Crippen LogP contribution in [0.4, 0.5) is 0 Å². The summed E-state index contributed by atoms with van der Waals surface area (Å²) < 4.78 is 0. The van der Waals surface area contributed by atoms with Crippen molar-refractivity contribution < 1.29 is 9.90 Å². The quantitative estimate of drug-likeness (QED) is 0.782. The maximum absolute atomic E-state index is 12.4. The molecule has 0 fully saturated rings. The molecule has 0 bridgehead atoms. The predicted molar refractivity (Wildman–Crippen MR) is 89.3 cm³/mol. The molecule has 2 rings (SSSR count). The number of H-pyrrole nitrogens is 1. The molecule has 23 heavy (non-hydrogen) atoms. The van der Waals surface area contributed by atoms with Gasteiger partial charge in [-0.3, -0.25) is 9.59 Å². The fourth-order valence-corrected chi connectivity index (χ4v) is 2.69. The molecule has 0 aliphatic rings. The van der Waals surface area contributed by atoms with Gasteiger partial charge in [0.05, 0.1) is 11.5 Å². The van der Waals surface area contributed by atoms with Gasteiger partial charge in [0.1, 0.15) is 0 Å². The Bertz CT molecular complexity index is 765. The monoisotopic (exact) mass is 317 g/mol. The molecule has 2 aromatic rings. The van der Waals surface area contributed by atoms with Gasteiger partial charge in [0, 0.05) is 17.3 Å². The lowest BCUT2D eigenvalue weighted by atomic mass is 9.80. The minimum absolute atomic E-state index is 0.0916. The Kier molecular flexibility index (Phi) is 4.85. The third kappa shape index (κ3) is 3.59. The van der Waals surface area contributed by atoms with Gasteiger partial charge in [-0.25, -0.2) is 5.10 Å². The number of aliphatic hydroxyl groups excluding tert-OH is 1. The van der Waals surface area contributed by atoms with Crippen LogP contribution in [0.5, 0.6) is 0 Å². The molecule has 1 amide bonds. The van der Waals surface area contributed by atoms with Crippen molar-refractivity contribution in [1.82, 2.24) is 15.5 Å². The zero-order valence-electron chi connectivity index (χ0n) is 13.9. The topological polar surface area (TPSA) is 95.1 Å². The van der Waals surface area contributed by atoms with E-state index >= 15 is 0 Å². The van der Waals surface area contributed by atoms with Crippen LogP contribution in [0.2, 0.25) is 0 Å². The molecule has 1 atom stereocenters. The molecular weight excluding hydrogens is 294 g/mol. The number of benzene rings is 1. The maximum Gasteiger partial charge on any atom is 0.272 e. The average Bonchev–Trinajstić information content (AvgIpc) is 2.52. The number of hydrogen-bond donors (Lipinski definition) is 3. The Morgan fingerprint density at radius 2 is 1.91 bits per heavy atom. The Balaban J connectivity index is 2.23. The number of aromatic amines is 1. The Hall–Kier alpha value is -2.21. The van der Waals surface area contributed by atoms with Gasteiger partial charge in [-0.1, -0.05) is 45.9 Å². The van der Waals surface area contributed by atoms with E-state index in [1.54, 1.807) is 24.3 Å². The smallest absolute Gasteiger partial charge is 0.272 e. The van der Waals surface area contributed by atoms with E-state index in [4.69, 9.17) is 0 Å². The molecule has 124 valence electrons. The van der Waals surface area contributed by atoms with Crippen molar-refractivity contribution in [3.63, 3.8) is 0 Å². The van der Waals surface area contributed by atoms with E-state index in [0.29, 0.717) is 17.3 Å². The van der Waals surface area contributed by atoms with E-state index in [9.17, 15) is 14.7 Å². The van der Waals surface area contributed by atoms with Gasteiger partial charge < -0.3 is 10.4 Å². The second-order valence-electron chi connectivity index (χ2n) is 6.81. The molecule has 6 nitrogen and oxygen atoms in total. The van der Waals surface area contributed by atoms with Crippen molar-refractivity contribution >= 4 is 16.7 Å². The number of carbonyl (C=O) groups excluding carboxylic acids is 1. The van der Waals surface area contributed by atoms with E-state index in [1.165, 1.54) is 0 Å². The van der Waals surface area contributed by atoms with Crippen LogP contribution in [0.15, 0.2) is 29.1 Å². The highest BCUT2D eigenvalue weighted by atomic mass is 16.3. The van der Waals surface area contributed by atoms with Crippen LogP contribution in [-0.2, 0) is 0 Å². The molecule has 6 heteroatoms. The average molecular weight is 317 g/mol. The number of rotatable bonds is 5. The summed E-state index contributed by atoms with van der Waals surface area (Å²) in [5.74, 6) is -0.282. The first-order valence-corrected chi connectivity index (χ1v) is 7.67. The molecule has 3 N–H and O–H groups in total. The number of hydrogen-bond acceptors (Lipinski definition) is 4. The van der Waals surface area contributed by atoms with Gasteiger partial charge >= 0.3 is 0 Å². The van der Waals surface area contributed by atoms with Gasteiger partial charge in [0.25, 0.3) is 11.5 Å². The number of nitrogens with one attached hydrogen (secondary N) is 2. The molecule has 0 aliphatic carbocycles. The first kappa shape index (κ1) is 17.1. The molecule has 0 saturated carbocycles. The number of fused-ring (bicyclic) bond motifs is 1. The largest absolute Gasteiger partial charge is 0.392 e. The van der Waals surface area contributed by atoms with Gasteiger partial charge in [-0.2, -0.15) is 5.10 Å². The summed E-state index contributed by atoms with van der Waals surface area (Å²) in [5.41, 5.74) is -0.621. The third-order valence-corrected chi connectivity index (χ3v) is 4.05. The summed E-state index contributed by atoms with van der Waals surface area (Å²) in [7, 11) is 0. The molecule has 1 unspecified atom stereocenters. The van der Waals surface area contributed by atoms with Gasteiger partial charge in [-0.05, 0) is 12.0 Å². The summed E-state index contributed by atoms with van der Waals surface area (Å²) in [4.78, 5) is 24.2. The highest BCUT2D eigenvalue weighted by molar-refractivity contribution is 6.04. The maximum atomic E-state index is 12.4. The van der Waals surface area contributed by atoms with Gasteiger partial charge in [0.15, 0.2) is 5.69 Å². The summed E-state index contributed by atoms with van der Waals surface area (Å²) in [6, 6.07) is 6.84. The van der Waals surface area contributed by atoms with Crippen LogP contribution in [-0.4, -0.2) is 33.9 Å². The van der Waals surface area contributed by atoms with E-state index in [1.807, 2.05) is 27.7 Å². The van der Waals surface area contributed by atoms with Crippen molar-refractivity contribution in [2.75, 3.05) is 6.54 Å². The Morgan fingerprint density at radius 1 is 1.30 bits per heavy atom. The van der Waals surface area contributed by atoms with E-state index in [0.717, 1.165) is 0 Å². The fraction of sp³-hybridized carbons (Fsp3) is 0.471. The number of aromatic nitrogens is 2. The summed E-state index contributed by atoms with van der Waals surface area (Å²) >= 11 is 0. The van der Waals surface area contributed by atoms with Crippen LogP contribution in [0.25, 0.3) is 10.8 Å². The normalized spacial score (nSPS) is 13.3. The summed E-state index contributed by atoms with van der Waals surface area (Å²) in [6.45, 7) is 7.98. The first-order chi connectivity index (χ1) is 10.7. The first-order valence-electron chi connectivity index (χ1n) is 7.67. The van der Waals surface area contributed by atoms with Gasteiger partial charge in [0.2, 0.25) is 0 Å². The van der Waals surface area contributed by atoms with Crippen molar-refractivity contribution in [2.45, 2.75) is 33.8 Å². The summed E-state index contributed by atoms with van der Waals surface area (Å²) in [5, 5.41) is 20.2. The minimum atomic E-state index is -0.539. The third-order valence-electron chi connectivity index (χ3n) is 4.05. The lowest BCUT2D eigenvalue weighted by molar-refractivity contribution is 0.0138. The lowest BCUT2D eigenvalue weighted by Crippen LogP contribution is -2.43. The standard InChI is InChI=1S/C17H23N3O3/c1-10(2)14(21)17(3,4)9-18-16(23)13-11-7-5-6-8-12(11)15(22)20-19-13/h5-8,10,14,21H,9H2,1-4H3,(H,18,23)(H,20,22). The van der Waals surface area contributed by atoms with Crippen molar-refractivity contribution in [2.24, 2.45) is 11.3 Å². The van der Waals surface area contributed by atoms with Crippen LogP contribution >= 0.6 is 0 Å². The number of amides is 1. The molecule has 0 aliphatic heterocycles. The molecule has 1 heterocycles. The van der Waals surface area contributed by atoms with Gasteiger partial charge in [-0.15, -0.1) is 0 Å². The zero-order valence-corrected chi connectivity index (χ0v) is 13.9. The van der Waals surface area contributed by atoms with E-state index < -0.39 is 11.5 Å². The van der Waals surface area contributed by atoms with Crippen molar-refractivity contribution in [1.29, 1.82) is 0 Å². The molecular formula is C17H23N3O3. The van der Waals surface area contributed by atoms with Crippen molar-refractivity contribution in [3.8, 4) is 0 Å². The number of nitrogens with zero attached hydrogens (tertiary/aromatic N) is 1. The molecule has 0 spiro atoms. The molecule has 1 aromatic heterocycles. The number of aliphatic hydroxyl groups is 1. The molecule has 0 radical (unpaired) electrons. The highest BCUT2D eigenvalue weighted by Gasteiger charge is 2.31. The molecule has 0 saturated heterocycles. The summed E-state index contributed by atoms with van der Waals surface area (Å²) in [6.07, 6.45) is -0.539. The fourth-order valence-electron chi connectivity index (χ4n) is 2.69. The predicted octanol–water partition coefficient (Wildman–Crippen LogP) is 1.70. The minimum Gasteiger partial charge on any atom is -0.392 e. The van der Waals surface area contributed by atoms with E-state index in [-0.39, 0.29) is 23.1 Å². The second kappa shape index (κ2) is 6.50. The SMILES string of the molecule is CC(C)C(O)C(C)(C)CNC(=O)c1n[nH]c(=O)c2ccccc12. The zero-order chi connectivity index (χ0) is 17.2.